The molecule has 0 spiro atoms. The number of ether oxygens (including phenoxy) is 2. The number of hydrogen-bond donors (Lipinski definition) is 1. The normalized spacial score (nSPS) is 31.9. The van der Waals surface area contributed by atoms with Crippen LogP contribution in [0.4, 0.5) is 5.69 Å². The van der Waals surface area contributed by atoms with Gasteiger partial charge in [0.1, 0.15) is 0 Å². The molecule has 2 heterocycles. The summed E-state index contributed by atoms with van der Waals surface area (Å²) in [5.41, 5.74) is 2.30. The number of aromatic hydroxyl groups is 1. The smallest absolute Gasteiger partial charge is 0.253 e. The lowest BCUT2D eigenvalue weighted by atomic mass is 9.56. The molecule has 1 saturated carbocycles. The van der Waals surface area contributed by atoms with Crippen molar-refractivity contribution in [2.24, 2.45) is 17.8 Å². The molecule has 2 aromatic rings. The summed E-state index contributed by atoms with van der Waals surface area (Å²) in [7, 11) is 4.06. The summed E-state index contributed by atoms with van der Waals surface area (Å²) in [6.07, 6.45) is 3.61. The van der Waals surface area contributed by atoms with Crippen LogP contribution in [-0.4, -0.2) is 64.7 Å². The van der Waals surface area contributed by atoms with Crippen molar-refractivity contribution in [1.29, 1.82) is 0 Å². The van der Waals surface area contributed by atoms with Gasteiger partial charge in [0.25, 0.3) is 11.8 Å². The number of alkyl halides is 2. The van der Waals surface area contributed by atoms with Crippen molar-refractivity contribution in [2.45, 2.75) is 28.5 Å². The second-order valence-corrected chi connectivity index (χ2v) is 12.3. The average molecular weight is 611 g/mol. The molecule has 218 valence electrons. The summed E-state index contributed by atoms with van der Waals surface area (Å²) in [4.78, 5) is 53.4. The molecule has 2 aromatic carbocycles. The van der Waals surface area contributed by atoms with Crippen LogP contribution in [-0.2, 0) is 19.2 Å². The highest BCUT2D eigenvalue weighted by molar-refractivity contribution is 6.53. The third-order valence-corrected chi connectivity index (χ3v) is 10.7. The van der Waals surface area contributed by atoms with Gasteiger partial charge in [-0.05, 0) is 54.2 Å². The molecule has 11 heteroatoms. The largest absolute Gasteiger partial charge is 0.502 e. The maximum Gasteiger partial charge on any atom is 0.253 e. The zero-order valence-electron chi connectivity index (χ0n) is 23.1. The molecule has 4 aliphatic rings. The first kappa shape index (κ1) is 28.3. The second-order valence-electron chi connectivity index (χ2n) is 11.1. The minimum absolute atomic E-state index is 0.0626. The van der Waals surface area contributed by atoms with Crippen LogP contribution in [0.3, 0.4) is 0 Å². The van der Waals surface area contributed by atoms with Crippen molar-refractivity contribution in [2.75, 3.05) is 26.2 Å². The van der Waals surface area contributed by atoms with E-state index in [2.05, 4.69) is 6.58 Å². The quantitative estimate of drug-likeness (QED) is 0.306. The standard InChI is InChI=1S/C31H28Cl2N2O7/c1-5-15-6-8-17(9-7-15)35-26(37)19-11-10-18-20(23(19)27(35)38)14-30(32)28(39)34(2)29(40)31(30,33)24(18)16-12-21(41-3)25(36)22(13-16)42-4/h5-10,12-13,19-20,23-24,36H,1,11,14H2,2-4H3. The van der Waals surface area contributed by atoms with Crippen LogP contribution >= 0.6 is 23.2 Å². The Labute approximate surface area is 252 Å². The van der Waals surface area contributed by atoms with E-state index >= 15 is 0 Å². The Kier molecular flexibility index (Phi) is 6.47. The number of anilines is 1. The van der Waals surface area contributed by atoms with E-state index in [1.54, 1.807) is 30.3 Å². The van der Waals surface area contributed by atoms with E-state index in [1.807, 2.05) is 6.08 Å². The molecule has 0 aromatic heterocycles. The van der Waals surface area contributed by atoms with Gasteiger partial charge in [-0.15, -0.1) is 23.2 Å². The number of nitrogens with zero attached hydrogens (tertiary/aromatic N) is 2. The summed E-state index contributed by atoms with van der Waals surface area (Å²) in [6.45, 7) is 3.74. The van der Waals surface area contributed by atoms with Gasteiger partial charge in [0.2, 0.25) is 17.6 Å². The summed E-state index contributed by atoms with van der Waals surface area (Å²) in [5, 5.41) is 10.6. The van der Waals surface area contributed by atoms with Crippen LogP contribution in [0.1, 0.15) is 29.9 Å². The number of carbonyl (C=O) groups excluding carboxylic acids is 4. The molecule has 4 amide bonds. The van der Waals surface area contributed by atoms with Crippen LogP contribution < -0.4 is 14.4 Å². The van der Waals surface area contributed by atoms with Gasteiger partial charge in [0, 0.05) is 13.0 Å². The first-order chi connectivity index (χ1) is 19.9. The lowest BCUT2D eigenvalue weighted by Crippen LogP contribution is -2.60. The van der Waals surface area contributed by atoms with Crippen LogP contribution in [0.15, 0.2) is 54.6 Å². The Morgan fingerprint density at radius 2 is 1.60 bits per heavy atom. The van der Waals surface area contributed by atoms with Gasteiger partial charge in [-0.25, -0.2) is 0 Å². The van der Waals surface area contributed by atoms with Gasteiger partial charge < -0.3 is 14.6 Å². The predicted octanol–water partition coefficient (Wildman–Crippen LogP) is 4.25. The molecule has 0 radical (unpaired) electrons. The van der Waals surface area contributed by atoms with E-state index in [1.165, 1.54) is 38.3 Å². The molecule has 2 aliphatic heterocycles. The molecule has 6 rings (SSSR count). The Morgan fingerprint density at radius 1 is 0.976 bits per heavy atom. The van der Waals surface area contributed by atoms with E-state index in [9.17, 15) is 24.3 Å². The van der Waals surface area contributed by atoms with Crippen molar-refractivity contribution in [1.82, 2.24) is 4.90 Å². The number of hydrogen-bond acceptors (Lipinski definition) is 7. The Bertz CT molecular complexity index is 1580. The Balaban J connectivity index is 1.53. The van der Waals surface area contributed by atoms with E-state index in [0.717, 1.165) is 10.5 Å². The second kappa shape index (κ2) is 9.61. The number of likely N-dealkylation sites (tertiary alicyclic amines) is 1. The maximum absolute atomic E-state index is 14.1. The molecule has 6 unspecified atom stereocenters. The number of allylic oxidation sites excluding steroid dienone is 2. The van der Waals surface area contributed by atoms with Crippen LogP contribution in [0.2, 0.25) is 0 Å². The Hall–Kier alpha value is -3.82. The fourth-order valence-corrected chi connectivity index (χ4v) is 8.23. The molecule has 2 aliphatic carbocycles. The molecular formula is C31H28Cl2N2O7. The lowest BCUT2D eigenvalue weighted by molar-refractivity contribution is -0.138. The maximum atomic E-state index is 14.1. The van der Waals surface area contributed by atoms with Crippen molar-refractivity contribution in [3.8, 4) is 17.2 Å². The highest BCUT2D eigenvalue weighted by Gasteiger charge is 2.76. The fraction of sp³-hybridized carbons (Fsp3) is 0.355. The highest BCUT2D eigenvalue weighted by Crippen LogP contribution is 2.66. The molecule has 6 atom stereocenters. The number of phenols is 1. The van der Waals surface area contributed by atoms with Crippen LogP contribution in [0.5, 0.6) is 17.2 Å². The molecule has 0 bridgehead atoms. The molecule has 9 nitrogen and oxygen atoms in total. The summed E-state index contributed by atoms with van der Waals surface area (Å²) in [5.74, 6) is -5.43. The number of carbonyl (C=O) groups is 4. The Morgan fingerprint density at radius 3 is 2.17 bits per heavy atom. The minimum atomic E-state index is -1.96. The molecule has 2 saturated heterocycles. The number of fused-ring (bicyclic) bond motifs is 4. The van der Waals surface area contributed by atoms with Gasteiger partial charge in [-0.1, -0.05) is 36.4 Å². The number of halogens is 2. The SMILES string of the molecule is C=Cc1ccc(N2C(=O)C3CC=C4C(CC5(Cl)C(=O)N(C)C(=O)C5(Cl)C4c4cc(OC)c(O)c(OC)c4)C3C2=O)cc1. The van der Waals surface area contributed by atoms with Gasteiger partial charge in [-0.3, -0.25) is 29.0 Å². The minimum Gasteiger partial charge on any atom is -0.502 e. The van der Waals surface area contributed by atoms with Crippen LogP contribution in [0.25, 0.3) is 6.08 Å². The average Bonchev–Trinajstić information content (AvgIpc) is 3.32. The number of benzene rings is 2. The van der Waals surface area contributed by atoms with Gasteiger partial charge in [-0.2, -0.15) is 0 Å². The van der Waals surface area contributed by atoms with Crippen molar-refractivity contribution in [3.05, 3.63) is 65.8 Å². The number of imide groups is 2. The van der Waals surface area contributed by atoms with E-state index in [-0.39, 0.29) is 36.0 Å². The van der Waals surface area contributed by atoms with Crippen molar-refractivity contribution in [3.63, 3.8) is 0 Å². The third kappa shape index (κ3) is 3.50. The predicted molar refractivity (Wildman–Crippen MR) is 156 cm³/mol. The third-order valence-electron chi connectivity index (χ3n) is 9.24. The van der Waals surface area contributed by atoms with E-state index < -0.39 is 51.1 Å². The first-order valence-electron chi connectivity index (χ1n) is 13.4. The summed E-state index contributed by atoms with van der Waals surface area (Å²) >= 11 is 14.4. The van der Waals surface area contributed by atoms with Crippen molar-refractivity contribution < 1.29 is 33.8 Å². The van der Waals surface area contributed by atoms with Crippen molar-refractivity contribution >= 4 is 58.6 Å². The molecular weight excluding hydrogens is 583 g/mol. The number of amides is 4. The van der Waals surface area contributed by atoms with Crippen LogP contribution in [0, 0.1) is 17.8 Å². The monoisotopic (exact) mass is 610 g/mol. The van der Waals surface area contributed by atoms with E-state index in [4.69, 9.17) is 32.7 Å². The topological polar surface area (TPSA) is 113 Å². The number of phenolic OH excluding ortho intramolecular Hbond substituents is 1. The molecule has 1 N–H and O–H groups in total. The van der Waals surface area contributed by atoms with Gasteiger partial charge in [0.05, 0.1) is 31.7 Å². The summed E-state index contributed by atoms with van der Waals surface area (Å²) < 4.78 is 10.7. The van der Waals surface area contributed by atoms with Gasteiger partial charge >= 0.3 is 0 Å². The van der Waals surface area contributed by atoms with Gasteiger partial charge in [0.15, 0.2) is 21.2 Å². The highest BCUT2D eigenvalue weighted by atomic mass is 35.5. The number of methoxy groups -OCH3 is 2. The fourth-order valence-electron chi connectivity index (χ4n) is 7.21. The summed E-state index contributed by atoms with van der Waals surface area (Å²) in [6, 6.07) is 9.96. The zero-order chi connectivity index (χ0) is 30.3. The lowest BCUT2D eigenvalue weighted by Gasteiger charge is -2.50. The molecule has 42 heavy (non-hydrogen) atoms. The number of rotatable bonds is 5. The zero-order valence-corrected chi connectivity index (χ0v) is 24.6. The first-order valence-corrected chi connectivity index (χ1v) is 14.2. The van der Waals surface area contributed by atoms with E-state index in [0.29, 0.717) is 16.8 Å². The molecule has 3 fully saturated rings.